The molecule has 0 heterocycles. The Bertz CT molecular complexity index is 1680. The summed E-state index contributed by atoms with van der Waals surface area (Å²) in [6.07, 6.45) is 0. The van der Waals surface area contributed by atoms with E-state index in [1.807, 2.05) is 24.3 Å². The Balaban J connectivity index is 1.62. The summed E-state index contributed by atoms with van der Waals surface area (Å²) in [5, 5.41) is 16.6. The van der Waals surface area contributed by atoms with Crippen molar-refractivity contribution in [1.29, 1.82) is 5.26 Å². The van der Waals surface area contributed by atoms with Gasteiger partial charge >= 0.3 is 0 Å². The van der Waals surface area contributed by atoms with Gasteiger partial charge in [0.15, 0.2) is 0 Å². The molecule has 0 bridgehead atoms. The van der Waals surface area contributed by atoms with Gasteiger partial charge < -0.3 is 0 Å². The van der Waals surface area contributed by atoms with Crippen molar-refractivity contribution in [3.8, 4) is 28.3 Å². The molecule has 0 aliphatic rings. The first-order valence-electron chi connectivity index (χ1n) is 10.8. The summed E-state index contributed by atoms with van der Waals surface area (Å²) in [5.41, 5.74) is 5.50. The van der Waals surface area contributed by atoms with E-state index in [9.17, 15) is 5.26 Å². The van der Waals surface area contributed by atoms with Crippen molar-refractivity contribution < 1.29 is 0 Å². The Morgan fingerprint density at radius 1 is 0.438 bits per heavy atom. The van der Waals surface area contributed by atoms with Gasteiger partial charge in [-0.25, -0.2) is 0 Å². The fraction of sp³-hybridized carbons (Fsp3) is 0. The second kappa shape index (κ2) is 7.38. The van der Waals surface area contributed by atoms with Crippen molar-refractivity contribution in [1.82, 2.24) is 0 Å². The largest absolute Gasteiger partial charge is 0.192 e. The zero-order valence-electron chi connectivity index (χ0n) is 17.4. The maximum Gasteiger partial charge on any atom is 0.0998 e. The van der Waals surface area contributed by atoms with E-state index in [-0.39, 0.29) is 0 Å². The second-order valence-corrected chi connectivity index (χ2v) is 8.09. The minimum Gasteiger partial charge on any atom is -0.192 e. The lowest BCUT2D eigenvalue weighted by atomic mass is 9.89. The second-order valence-electron chi connectivity index (χ2n) is 8.09. The van der Waals surface area contributed by atoms with Crippen molar-refractivity contribution in [3.63, 3.8) is 0 Å². The van der Waals surface area contributed by atoms with E-state index in [0.29, 0.717) is 5.56 Å². The van der Waals surface area contributed by atoms with Gasteiger partial charge in [0.05, 0.1) is 11.6 Å². The topological polar surface area (TPSA) is 23.8 Å². The number of hydrogen-bond donors (Lipinski definition) is 0. The van der Waals surface area contributed by atoms with Crippen LogP contribution >= 0.6 is 0 Å². The molecule has 0 radical (unpaired) electrons. The van der Waals surface area contributed by atoms with Crippen LogP contribution in [0, 0.1) is 11.3 Å². The van der Waals surface area contributed by atoms with Crippen LogP contribution in [0.4, 0.5) is 0 Å². The molecule has 6 rings (SSSR count). The molecule has 0 N–H and O–H groups in total. The summed E-state index contributed by atoms with van der Waals surface area (Å²) in [4.78, 5) is 0. The molecule has 0 aromatic heterocycles. The lowest BCUT2D eigenvalue weighted by Gasteiger charge is -2.15. The lowest BCUT2D eigenvalue weighted by Crippen LogP contribution is -1.89. The van der Waals surface area contributed by atoms with E-state index in [0.717, 1.165) is 16.3 Å². The third-order valence-electron chi connectivity index (χ3n) is 6.32. The highest BCUT2D eigenvalue weighted by Gasteiger charge is 2.13. The Hall–Kier alpha value is -4.41. The summed E-state index contributed by atoms with van der Waals surface area (Å²) in [7, 11) is 0. The number of benzene rings is 6. The predicted molar refractivity (Wildman–Crippen MR) is 135 cm³/mol. The quantitative estimate of drug-likeness (QED) is 0.284. The summed E-state index contributed by atoms with van der Waals surface area (Å²) in [6, 6.07) is 42.7. The maximum absolute atomic E-state index is 9.56. The smallest absolute Gasteiger partial charge is 0.0998 e. The van der Waals surface area contributed by atoms with Crippen molar-refractivity contribution in [3.05, 3.63) is 121 Å². The standard InChI is InChI=1S/C31H19N/c32-20-24-15-16-30(27-10-4-3-9-25(24)27)31-18-17-26(28-11-5-6-12-29(28)31)23-14-13-21-7-1-2-8-22(21)19-23/h1-19H. The van der Waals surface area contributed by atoms with Crippen molar-refractivity contribution >= 4 is 32.3 Å². The average molecular weight is 406 g/mol. The molecule has 0 spiro atoms. The molecule has 6 aromatic carbocycles. The van der Waals surface area contributed by atoms with Crippen LogP contribution in [0.1, 0.15) is 5.56 Å². The van der Waals surface area contributed by atoms with Crippen LogP contribution < -0.4 is 0 Å². The Kier molecular flexibility index (Phi) is 4.23. The zero-order chi connectivity index (χ0) is 21.5. The van der Waals surface area contributed by atoms with Crippen molar-refractivity contribution in [2.24, 2.45) is 0 Å². The molecule has 0 aliphatic heterocycles. The van der Waals surface area contributed by atoms with Crippen molar-refractivity contribution in [2.45, 2.75) is 0 Å². The van der Waals surface area contributed by atoms with Crippen LogP contribution in [0.3, 0.4) is 0 Å². The summed E-state index contributed by atoms with van der Waals surface area (Å²) in [5.74, 6) is 0. The highest BCUT2D eigenvalue weighted by atomic mass is 14.2. The van der Waals surface area contributed by atoms with Crippen LogP contribution in [0.15, 0.2) is 115 Å². The maximum atomic E-state index is 9.56. The summed E-state index contributed by atoms with van der Waals surface area (Å²) < 4.78 is 0. The minimum atomic E-state index is 0.710. The number of nitrogens with zero attached hydrogens (tertiary/aromatic N) is 1. The summed E-state index contributed by atoms with van der Waals surface area (Å²) in [6.45, 7) is 0. The number of hydrogen-bond acceptors (Lipinski definition) is 1. The number of nitriles is 1. The number of rotatable bonds is 2. The van der Waals surface area contributed by atoms with E-state index < -0.39 is 0 Å². The fourth-order valence-corrected chi connectivity index (χ4v) is 4.77. The lowest BCUT2D eigenvalue weighted by molar-refractivity contribution is 1.50. The molecule has 0 atom stereocenters. The van der Waals surface area contributed by atoms with E-state index in [4.69, 9.17) is 0 Å². The molecule has 6 aromatic rings. The Labute approximate surface area is 186 Å². The number of fused-ring (bicyclic) bond motifs is 3. The molecule has 0 aliphatic carbocycles. The molecule has 1 nitrogen and oxygen atoms in total. The van der Waals surface area contributed by atoms with Gasteiger partial charge in [-0.2, -0.15) is 5.26 Å². The fourth-order valence-electron chi connectivity index (χ4n) is 4.77. The third kappa shape index (κ3) is 2.86. The highest BCUT2D eigenvalue weighted by Crippen LogP contribution is 2.39. The predicted octanol–water partition coefficient (Wildman–Crippen LogP) is 8.35. The minimum absolute atomic E-state index is 0.710. The molecule has 0 fully saturated rings. The van der Waals surface area contributed by atoms with E-state index in [1.165, 1.54) is 38.2 Å². The first-order valence-corrected chi connectivity index (χ1v) is 10.8. The molecule has 1 heteroatoms. The van der Waals surface area contributed by atoms with Gasteiger partial charge in [-0.1, -0.05) is 103 Å². The molecule has 0 amide bonds. The third-order valence-corrected chi connectivity index (χ3v) is 6.32. The van der Waals surface area contributed by atoms with Crippen LogP contribution in [0.25, 0.3) is 54.6 Å². The molecule has 0 saturated carbocycles. The molecular formula is C31H19N. The van der Waals surface area contributed by atoms with E-state index in [1.54, 1.807) is 0 Å². The van der Waals surface area contributed by atoms with Crippen LogP contribution in [-0.4, -0.2) is 0 Å². The van der Waals surface area contributed by atoms with Crippen LogP contribution in [0.5, 0.6) is 0 Å². The van der Waals surface area contributed by atoms with Gasteiger partial charge in [0, 0.05) is 5.39 Å². The van der Waals surface area contributed by atoms with Gasteiger partial charge in [-0.05, 0) is 61.3 Å². The van der Waals surface area contributed by atoms with Crippen LogP contribution in [0.2, 0.25) is 0 Å². The average Bonchev–Trinajstić information content (AvgIpc) is 2.87. The zero-order valence-corrected chi connectivity index (χ0v) is 17.4. The summed E-state index contributed by atoms with van der Waals surface area (Å²) >= 11 is 0. The molecule has 0 saturated heterocycles. The van der Waals surface area contributed by atoms with E-state index in [2.05, 4.69) is 97.1 Å². The van der Waals surface area contributed by atoms with Crippen LogP contribution in [-0.2, 0) is 0 Å². The van der Waals surface area contributed by atoms with Gasteiger partial charge in [0.25, 0.3) is 0 Å². The monoisotopic (exact) mass is 405 g/mol. The Morgan fingerprint density at radius 2 is 0.969 bits per heavy atom. The first-order chi connectivity index (χ1) is 15.8. The molecule has 0 unspecified atom stereocenters. The molecule has 148 valence electrons. The van der Waals surface area contributed by atoms with Gasteiger partial charge in [-0.15, -0.1) is 0 Å². The molecule has 32 heavy (non-hydrogen) atoms. The van der Waals surface area contributed by atoms with Gasteiger partial charge in [0.2, 0.25) is 0 Å². The van der Waals surface area contributed by atoms with Crippen molar-refractivity contribution in [2.75, 3.05) is 0 Å². The first kappa shape index (κ1) is 18.4. The van der Waals surface area contributed by atoms with E-state index >= 15 is 0 Å². The highest BCUT2D eigenvalue weighted by molar-refractivity contribution is 6.10. The normalized spacial score (nSPS) is 11.1. The van der Waals surface area contributed by atoms with Gasteiger partial charge in [-0.3, -0.25) is 0 Å². The Morgan fingerprint density at radius 3 is 1.69 bits per heavy atom. The SMILES string of the molecule is N#Cc1ccc(-c2ccc(-c3ccc4ccccc4c3)c3ccccc23)c2ccccc12. The van der Waals surface area contributed by atoms with Gasteiger partial charge in [0.1, 0.15) is 0 Å². The molecular weight excluding hydrogens is 386 g/mol.